The molecule has 0 unspecified atom stereocenters. The molecular weight excluding hydrogens is 292 g/mol. The third-order valence-electron chi connectivity index (χ3n) is 6.68. The lowest BCUT2D eigenvalue weighted by atomic mass is 9.68. The quantitative estimate of drug-likeness (QED) is 0.791. The monoisotopic (exact) mass is 322 g/mol. The molecule has 0 amide bonds. The molecule has 6 atom stereocenters. The molecule has 0 saturated heterocycles. The highest BCUT2D eigenvalue weighted by molar-refractivity contribution is 6.74. The van der Waals surface area contributed by atoms with Gasteiger partial charge in [0.1, 0.15) is 0 Å². The van der Waals surface area contributed by atoms with Crippen molar-refractivity contribution in [3.63, 3.8) is 0 Å². The van der Waals surface area contributed by atoms with Gasteiger partial charge >= 0.3 is 0 Å². The second-order valence-electron chi connectivity index (χ2n) is 9.05. The second-order valence-corrected chi connectivity index (χ2v) is 13.8. The molecule has 4 heteroatoms. The number of aliphatic hydroxyl groups is 1. The lowest BCUT2D eigenvalue weighted by Crippen LogP contribution is -2.43. The molecule has 0 aliphatic heterocycles. The minimum atomic E-state index is -1.77. The highest BCUT2D eigenvalue weighted by atomic mass is 28.4. The van der Waals surface area contributed by atoms with Crippen LogP contribution in [0.1, 0.15) is 40.0 Å². The Hall–Kier alpha value is -0.453. The Kier molecular flexibility index (Phi) is 3.94. The van der Waals surface area contributed by atoms with E-state index in [0.29, 0.717) is 24.2 Å². The molecule has 0 radical (unpaired) electrons. The summed E-state index contributed by atoms with van der Waals surface area (Å²) >= 11 is 0. The maximum absolute atomic E-state index is 12.0. The Labute approximate surface area is 135 Å². The van der Waals surface area contributed by atoms with Gasteiger partial charge in [-0.1, -0.05) is 26.8 Å². The fourth-order valence-electron chi connectivity index (χ4n) is 4.43. The average molecular weight is 323 g/mol. The van der Waals surface area contributed by atoms with E-state index in [1.807, 2.05) is 0 Å². The first-order valence-electron chi connectivity index (χ1n) is 8.68. The zero-order valence-electron chi connectivity index (χ0n) is 14.5. The number of carbonyl (C=O) groups excluding carboxylic acids is 1. The van der Waals surface area contributed by atoms with Crippen LogP contribution in [-0.4, -0.2) is 31.4 Å². The van der Waals surface area contributed by atoms with Gasteiger partial charge < -0.3 is 9.53 Å². The minimum absolute atomic E-state index is 0.0304. The van der Waals surface area contributed by atoms with E-state index >= 15 is 0 Å². The van der Waals surface area contributed by atoms with Crippen LogP contribution in [0.4, 0.5) is 0 Å². The molecule has 0 aromatic rings. The molecule has 1 N–H and O–H groups in total. The summed E-state index contributed by atoms with van der Waals surface area (Å²) in [7, 11) is -1.77. The van der Waals surface area contributed by atoms with E-state index in [1.165, 1.54) is 0 Å². The van der Waals surface area contributed by atoms with E-state index in [1.54, 1.807) is 6.08 Å². The smallest absolute Gasteiger partial charge is 0.192 e. The molecule has 0 heterocycles. The second kappa shape index (κ2) is 5.28. The van der Waals surface area contributed by atoms with Crippen molar-refractivity contribution < 1.29 is 14.3 Å². The van der Waals surface area contributed by atoms with Crippen molar-refractivity contribution in [2.24, 2.45) is 23.7 Å². The first-order valence-corrected chi connectivity index (χ1v) is 11.6. The van der Waals surface area contributed by atoms with E-state index in [9.17, 15) is 9.90 Å². The third-order valence-corrected chi connectivity index (χ3v) is 11.2. The van der Waals surface area contributed by atoms with Gasteiger partial charge in [-0.3, -0.25) is 4.79 Å². The summed E-state index contributed by atoms with van der Waals surface area (Å²) in [6.07, 6.45) is 6.38. The summed E-state index contributed by atoms with van der Waals surface area (Å²) in [4.78, 5) is 12.0. The predicted molar refractivity (Wildman–Crippen MR) is 90.0 cm³/mol. The number of hydrogen-bond donors (Lipinski definition) is 1. The number of fused-ring (bicyclic) bond motifs is 3. The van der Waals surface area contributed by atoms with Crippen molar-refractivity contribution in [3.8, 4) is 0 Å². The summed E-state index contributed by atoms with van der Waals surface area (Å²) in [5, 5.41) is 10.7. The van der Waals surface area contributed by atoms with Crippen LogP contribution in [0.25, 0.3) is 0 Å². The van der Waals surface area contributed by atoms with Crippen LogP contribution < -0.4 is 0 Å². The zero-order chi connectivity index (χ0) is 16.3. The van der Waals surface area contributed by atoms with Crippen LogP contribution in [0.3, 0.4) is 0 Å². The van der Waals surface area contributed by atoms with Gasteiger partial charge in [0.25, 0.3) is 0 Å². The van der Waals surface area contributed by atoms with E-state index in [4.69, 9.17) is 4.43 Å². The number of carbonyl (C=O) groups is 1. The molecule has 124 valence electrons. The van der Waals surface area contributed by atoms with Crippen LogP contribution in [0.15, 0.2) is 12.2 Å². The lowest BCUT2D eigenvalue weighted by Gasteiger charge is -2.38. The van der Waals surface area contributed by atoms with Crippen molar-refractivity contribution in [1.82, 2.24) is 0 Å². The Bertz CT molecular complexity index is 491. The van der Waals surface area contributed by atoms with Gasteiger partial charge in [-0.25, -0.2) is 0 Å². The molecule has 0 aromatic carbocycles. The van der Waals surface area contributed by atoms with Gasteiger partial charge in [0, 0.05) is 12.0 Å². The Morgan fingerprint density at radius 3 is 2.45 bits per heavy atom. The number of rotatable bonds is 2. The largest absolute Gasteiger partial charge is 0.414 e. The topological polar surface area (TPSA) is 46.5 Å². The summed E-state index contributed by atoms with van der Waals surface area (Å²) in [6.45, 7) is 11.4. The van der Waals surface area contributed by atoms with Crippen LogP contribution in [0, 0.1) is 23.7 Å². The molecule has 3 nitrogen and oxygen atoms in total. The average Bonchev–Trinajstić information content (AvgIpc) is 2.93. The Balaban J connectivity index is 1.73. The van der Waals surface area contributed by atoms with Crippen molar-refractivity contribution in [1.29, 1.82) is 0 Å². The molecule has 2 fully saturated rings. The maximum Gasteiger partial charge on any atom is 0.192 e. The Morgan fingerprint density at radius 1 is 1.18 bits per heavy atom. The first kappa shape index (κ1) is 16.4. The van der Waals surface area contributed by atoms with Gasteiger partial charge in [-0.05, 0) is 61.2 Å². The standard InChI is InChI=1S/C18H30O3Si/c1-18(2,3)22(4,5)21-11-8-13-12-6-7-16(19)15(12)10-17(20)14(13)9-11/h6-7,11-15,17,20H,8-10H2,1-5H3/t11-,12-,13+,14-,15+,17-/m0/s1. The molecule has 0 spiro atoms. The molecule has 22 heavy (non-hydrogen) atoms. The van der Waals surface area contributed by atoms with E-state index < -0.39 is 8.32 Å². The van der Waals surface area contributed by atoms with Gasteiger partial charge in [-0.15, -0.1) is 0 Å². The highest BCUT2D eigenvalue weighted by Crippen LogP contribution is 2.52. The fourth-order valence-corrected chi connectivity index (χ4v) is 5.81. The number of allylic oxidation sites excluding steroid dienone is 2. The molecule has 2 saturated carbocycles. The summed E-state index contributed by atoms with van der Waals surface area (Å²) in [5.41, 5.74) is 0. The Morgan fingerprint density at radius 2 is 1.82 bits per heavy atom. The predicted octanol–water partition coefficient (Wildman–Crippen LogP) is 3.54. The lowest BCUT2D eigenvalue weighted by molar-refractivity contribution is -0.122. The van der Waals surface area contributed by atoms with Crippen molar-refractivity contribution in [2.75, 3.05) is 0 Å². The molecule has 0 aromatic heterocycles. The van der Waals surface area contributed by atoms with Gasteiger partial charge in [0.05, 0.1) is 6.10 Å². The van der Waals surface area contributed by atoms with E-state index in [0.717, 1.165) is 12.8 Å². The SMILES string of the molecule is CC(C)(C)[Si](C)(C)O[C@H]1C[C@@H]2[C@@H]3C=CC(=O)[C@@H]3C[C@H](O)[C@H]2C1. The number of aliphatic hydroxyl groups excluding tert-OH is 1. The van der Waals surface area contributed by atoms with Crippen molar-refractivity contribution in [3.05, 3.63) is 12.2 Å². The van der Waals surface area contributed by atoms with Crippen molar-refractivity contribution in [2.45, 2.75) is 70.4 Å². The first-order chi connectivity index (χ1) is 10.1. The van der Waals surface area contributed by atoms with Crippen molar-refractivity contribution >= 4 is 14.1 Å². The third kappa shape index (κ3) is 2.63. The van der Waals surface area contributed by atoms with Crippen LogP contribution >= 0.6 is 0 Å². The molecular formula is C18H30O3Si. The number of ketones is 1. The van der Waals surface area contributed by atoms with Crippen LogP contribution in [0.2, 0.25) is 18.1 Å². The normalized spacial score (nSPS) is 41.6. The van der Waals surface area contributed by atoms with E-state index in [-0.39, 0.29) is 28.9 Å². The molecule has 3 aliphatic carbocycles. The van der Waals surface area contributed by atoms with Crippen LogP contribution in [-0.2, 0) is 9.22 Å². The summed E-state index contributed by atoms with van der Waals surface area (Å²) < 4.78 is 6.60. The van der Waals surface area contributed by atoms with E-state index in [2.05, 4.69) is 39.9 Å². The highest BCUT2D eigenvalue weighted by Gasteiger charge is 2.52. The van der Waals surface area contributed by atoms with Gasteiger partial charge in [0.15, 0.2) is 14.1 Å². The molecule has 3 aliphatic rings. The fraction of sp³-hybridized carbons (Fsp3) is 0.833. The molecule has 3 rings (SSSR count). The summed E-state index contributed by atoms with van der Waals surface area (Å²) in [5.74, 6) is 1.32. The molecule has 0 bridgehead atoms. The zero-order valence-corrected chi connectivity index (χ0v) is 15.5. The summed E-state index contributed by atoms with van der Waals surface area (Å²) in [6, 6.07) is 0. The minimum Gasteiger partial charge on any atom is -0.414 e. The van der Waals surface area contributed by atoms with Gasteiger partial charge in [-0.2, -0.15) is 0 Å². The van der Waals surface area contributed by atoms with Crippen LogP contribution in [0.5, 0.6) is 0 Å². The number of hydrogen-bond acceptors (Lipinski definition) is 3. The van der Waals surface area contributed by atoms with Gasteiger partial charge in [0.2, 0.25) is 0 Å². The maximum atomic E-state index is 12.0.